The van der Waals surface area contributed by atoms with Crippen LogP contribution in [0.3, 0.4) is 0 Å². The lowest BCUT2D eigenvalue weighted by molar-refractivity contribution is 0.0291. The molecule has 0 bridgehead atoms. The Bertz CT molecular complexity index is 230. The molecule has 0 unspecified atom stereocenters. The molecule has 1 aliphatic heterocycles. The Balaban J connectivity index is 2.43. The number of carbonyl (C=O) groups is 1. The van der Waals surface area contributed by atoms with Crippen molar-refractivity contribution in [2.45, 2.75) is 32.8 Å². The molecule has 0 aromatic heterocycles. The van der Waals surface area contributed by atoms with E-state index in [1.807, 2.05) is 26.8 Å². The Morgan fingerprint density at radius 3 is 2.64 bits per heavy atom. The molecule has 80 valence electrons. The summed E-state index contributed by atoms with van der Waals surface area (Å²) in [6.45, 7) is 10.9. The molecule has 1 rings (SSSR count). The van der Waals surface area contributed by atoms with Gasteiger partial charge in [0.25, 0.3) is 0 Å². The molecule has 3 nitrogen and oxygen atoms in total. The van der Waals surface area contributed by atoms with Crippen molar-refractivity contribution in [3.8, 4) is 0 Å². The Labute approximate surface area is 85.7 Å². The summed E-state index contributed by atoms with van der Waals surface area (Å²) in [5, 5.41) is 0. The van der Waals surface area contributed by atoms with Crippen LogP contribution in [0.1, 0.15) is 27.2 Å². The Hall–Kier alpha value is -0.990. The van der Waals surface area contributed by atoms with Crippen molar-refractivity contribution in [2.24, 2.45) is 5.92 Å². The highest BCUT2D eigenvalue weighted by Crippen LogP contribution is 2.19. The molecule has 0 aliphatic carbocycles. The Morgan fingerprint density at radius 1 is 1.57 bits per heavy atom. The second-order valence-corrected chi connectivity index (χ2v) is 4.71. The van der Waals surface area contributed by atoms with Crippen molar-refractivity contribution < 1.29 is 9.53 Å². The van der Waals surface area contributed by atoms with E-state index in [1.54, 1.807) is 4.90 Å². The molecule has 1 saturated heterocycles. The van der Waals surface area contributed by atoms with E-state index in [1.165, 1.54) is 0 Å². The van der Waals surface area contributed by atoms with Gasteiger partial charge in [0.05, 0.1) is 0 Å². The Kier molecular flexibility index (Phi) is 3.19. The van der Waals surface area contributed by atoms with Gasteiger partial charge in [0.1, 0.15) is 5.60 Å². The third-order valence-electron chi connectivity index (χ3n) is 2.21. The third kappa shape index (κ3) is 3.05. The van der Waals surface area contributed by atoms with Crippen molar-refractivity contribution in [3.63, 3.8) is 0 Å². The molecular weight excluding hydrogens is 178 g/mol. The summed E-state index contributed by atoms with van der Waals surface area (Å²) in [5.74, 6) is 0.433. The molecule has 1 amide bonds. The van der Waals surface area contributed by atoms with Crippen LogP contribution in [0.4, 0.5) is 4.79 Å². The van der Waals surface area contributed by atoms with Crippen LogP contribution in [-0.4, -0.2) is 29.7 Å². The van der Waals surface area contributed by atoms with E-state index >= 15 is 0 Å². The first-order valence-electron chi connectivity index (χ1n) is 5.03. The molecule has 14 heavy (non-hydrogen) atoms. The van der Waals surface area contributed by atoms with Crippen LogP contribution >= 0.6 is 0 Å². The molecule has 0 saturated carbocycles. The molecule has 0 radical (unpaired) electrons. The summed E-state index contributed by atoms with van der Waals surface area (Å²) in [6.07, 6.45) is 2.70. The van der Waals surface area contributed by atoms with Gasteiger partial charge in [-0.2, -0.15) is 0 Å². The molecule has 1 heterocycles. The minimum Gasteiger partial charge on any atom is -0.444 e. The van der Waals surface area contributed by atoms with Gasteiger partial charge in [-0.1, -0.05) is 6.08 Å². The van der Waals surface area contributed by atoms with Gasteiger partial charge in [-0.3, -0.25) is 0 Å². The second kappa shape index (κ2) is 4.03. The van der Waals surface area contributed by atoms with Crippen molar-refractivity contribution in [1.82, 2.24) is 4.90 Å². The molecule has 0 aromatic carbocycles. The zero-order chi connectivity index (χ0) is 10.8. The molecule has 1 atom stereocenters. The van der Waals surface area contributed by atoms with Gasteiger partial charge in [-0.05, 0) is 33.1 Å². The predicted octanol–water partition coefficient (Wildman–Crippen LogP) is 2.43. The summed E-state index contributed by atoms with van der Waals surface area (Å²) in [4.78, 5) is 13.3. The van der Waals surface area contributed by atoms with E-state index in [4.69, 9.17) is 4.74 Å². The van der Waals surface area contributed by atoms with E-state index in [-0.39, 0.29) is 6.09 Å². The van der Waals surface area contributed by atoms with Crippen molar-refractivity contribution >= 4 is 6.09 Å². The van der Waals surface area contributed by atoms with Gasteiger partial charge in [0.15, 0.2) is 0 Å². The van der Waals surface area contributed by atoms with E-state index in [0.717, 1.165) is 19.5 Å². The fraction of sp³-hybridized carbons (Fsp3) is 0.727. The van der Waals surface area contributed by atoms with Crippen LogP contribution in [0, 0.1) is 5.92 Å². The van der Waals surface area contributed by atoms with E-state index in [0.29, 0.717) is 5.92 Å². The van der Waals surface area contributed by atoms with Crippen LogP contribution in [0.2, 0.25) is 0 Å². The molecule has 1 aliphatic rings. The number of amides is 1. The first-order chi connectivity index (χ1) is 6.42. The maximum absolute atomic E-state index is 11.6. The lowest BCUT2D eigenvalue weighted by Gasteiger charge is -2.24. The molecule has 0 aromatic rings. The quantitative estimate of drug-likeness (QED) is 0.604. The minimum absolute atomic E-state index is 0.207. The van der Waals surface area contributed by atoms with Crippen LogP contribution in [0.5, 0.6) is 0 Å². The van der Waals surface area contributed by atoms with Crippen molar-refractivity contribution in [3.05, 3.63) is 12.7 Å². The summed E-state index contributed by atoms with van der Waals surface area (Å²) in [6, 6.07) is 0. The Morgan fingerprint density at radius 2 is 2.21 bits per heavy atom. The summed E-state index contributed by atoms with van der Waals surface area (Å²) in [5.41, 5.74) is -0.399. The molecular formula is C11H19NO2. The van der Waals surface area contributed by atoms with Gasteiger partial charge in [0.2, 0.25) is 0 Å². The first kappa shape index (κ1) is 11.1. The lowest BCUT2D eigenvalue weighted by atomic mass is 10.1. The topological polar surface area (TPSA) is 29.5 Å². The predicted molar refractivity (Wildman–Crippen MR) is 56.1 cm³/mol. The highest BCUT2D eigenvalue weighted by molar-refractivity contribution is 5.68. The number of nitrogens with zero attached hydrogens (tertiary/aromatic N) is 1. The maximum Gasteiger partial charge on any atom is 0.410 e. The van der Waals surface area contributed by atoms with Crippen LogP contribution in [0.15, 0.2) is 12.7 Å². The second-order valence-electron chi connectivity index (χ2n) is 4.71. The van der Waals surface area contributed by atoms with Gasteiger partial charge >= 0.3 is 6.09 Å². The monoisotopic (exact) mass is 197 g/mol. The summed E-state index contributed by atoms with van der Waals surface area (Å²) in [7, 11) is 0. The largest absolute Gasteiger partial charge is 0.444 e. The highest BCUT2D eigenvalue weighted by atomic mass is 16.6. The number of hydrogen-bond donors (Lipinski definition) is 0. The first-order valence-corrected chi connectivity index (χ1v) is 5.03. The lowest BCUT2D eigenvalue weighted by Crippen LogP contribution is -2.35. The van der Waals surface area contributed by atoms with Crippen LogP contribution < -0.4 is 0 Å². The van der Waals surface area contributed by atoms with Crippen molar-refractivity contribution in [1.29, 1.82) is 0 Å². The average molecular weight is 197 g/mol. The summed E-state index contributed by atoms with van der Waals surface area (Å²) < 4.78 is 5.27. The fourth-order valence-electron chi connectivity index (χ4n) is 1.47. The average Bonchev–Trinajstić information content (AvgIpc) is 2.48. The minimum atomic E-state index is -0.399. The zero-order valence-electron chi connectivity index (χ0n) is 9.25. The van der Waals surface area contributed by atoms with E-state index < -0.39 is 5.60 Å². The van der Waals surface area contributed by atoms with E-state index in [2.05, 4.69) is 6.58 Å². The molecule has 3 heteroatoms. The maximum atomic E-state index is 11.6. The van der Waals surface area contributed by atoms with Gasteiger partial charge in [0, 0.05) is 13.1 Å². The van der Waals surface area contributed by atoms with Gasteiger partial charge in [-0.25, -0.2) is 4.79 Å². The number of likely N-dealkylation sites (tertiary alicyclic amines) is 1. The number of hydrogen-bond acceptors (Lipinski definition) is 2. The molecule has 1 fully saturated rings. The van der Waals surface area contributed by atoms with Crippen LogP contribution in [0.25, 0.3) is 0 Å². The smallest absolute Gasteiger partial charge is 0.410 e. The number of carbonyl (C=O) groups excluding carboxylic acids is 1. The van der Waals surface area contributed by atoms with Gasteiger partial charge < -0.3 is 9.64 Å². The molecule has 0 spiro atoms. The summed E-state index contributed by atoms with van der Waals surface area (Å²) >= 11 is 0. The van der Waals surface area contributed by atoms with Crippen molar-refractivity contribution in [2.75, 3.05) is 13.1 Å². The normalized spacial score (nSPS) is 22.2. The van der Waals surface area contributed by atoms with Gasteiger partial charge in [-0.15, -0.1) is 6.58 Å². The third-order valence-corrected chi connectivity index (χ3v) is 2.21. The standard InChI is InChI=1S/C11H19NO2/c1-5-9-6-7-12(8-9)10(13)14-11(2,3)4/h5,9H,1,6-8H2,2-4H3/t9-/m0/s1. The zero-order valence-corrected chi connectivity index (χ0v) is 9.25. The highest BCUT2D eigenvalue weighted by Gasteiger charge is 2.28. The molecule has 0 N–H and O–H groups in total. The number of rotatable bonds is 1. The number of ether oxygens (including phenoxy) is 1. The van der Waals surface area contributed by atoms with E-state index in [9.17, 15) is 4.79 Å². The fourth-order valence-corrected chi connectivity index (χ4v) is 1.47. The van der Waals surface area contributed by atoms with Crippen LogP contribution in [-0.2, 0) is 4.74 Å². The SMILES string of the molecule is C=C[C@H]1CCN(C(=O)OC(C)(C)C)C1.